The highest BCUT2D eigenvalue weighted by Gasteiger charge is 2.11. The maximum Gasteiger partial charge on any atom is 0.257 e. The van der Waals surface area contributed by atoms with Crippen LogP contribution in [0.1, 0.15) is 30.9 Å². The summed E-state index contributed by atoms with van der Waals surface area (Å²) in [7, 11) is 0. The van der Waals surface area contributed by atoms with E-state index in [-0.39, 0.29) is 18.6 Å². The van der Waals surface area contributed by atoms with Gasteiger partial charge in [-0.25, -0.2) is 0 Å². The summed E-state index contributed by atoms with van der Waals surface area (Å²) in [4.78, 5) is 11.6. The van der Waals surface area contributed by atoms with Crippen LogP contribution in [0.15, 0.2) is 18.2 Å². The first-order valence-corrected chi connectivity index (χ1v) is 7.19. The molecule has 0 saturated carbocycles. The van der Waals surface area contributed by atoms with E-state index in [0.29, 0.717) is 13.0 Å². The molecule has 21 heavy (non-hydrogen) atoms. The highest BCUT2D eigenvalue weighted by Crippen LogP contribution is 2.24. The van der Waals surface area contributed by atoms with Crippen molar-refractivity contribution >= 4 is 5.91 Å². The minimum atomic E-state index is -0.223. The summed E-state index contributed by atoms with van der Waals surface area (Å²) in [5.74, 6) is 0.510. The summed E-state index contributed by atoms with van der Waals surface area (Å²) in [6.45, 7) is 4.29. The number of aryl methyl sites for hydroxylation is 1. The number of carbonyl (C=O) groups is 1. The molecule has 5 nitrogen and oxygen atoms in total. The average Bonchev–Trinajstić information content (AvgIpc) is 2.46. The first-order chi connectivity index (χ1) is 10.1. The Labute approximate surface area is 126 Å². The second-order valence-corrected chi connectivity index (χ2v) is 4.98. The third-order valence-corrected chi connectivity index (χ3v) is 3.21. The fraction of sp³-hybridized carbons (Fsp3) is 0.500. The van der Waals surface area contributed by atoms with Crippen LogP contribution in [0.3, 0.4) is 0 Å². The molecule has 1 rings (SSSR count). The molecule has 5 heteroatoms. The highest BCUT2D eigenvalue weighted by atomic mass is 16.5. The Hall–Kier alpha value is -2.06. The van der Waals surface area contributed by atoms with Gasteiger partial charge in [0.1, 0.15) is 5.75 Å². The van der Waals surface area contributed by atoms with E-state index in [1.54, 1.807) is 0 Å². The van der Waals surface area contributed by atoms with Crippen molar-refractivity contribution in [3.63, 3.8) is 0 Å². The zero-order valence-corrected chi connectivity index (χ0v) is 12.7. The molecule has 1 atom stereocenters. The van der Waals surface area contributed by atoms with Crippen molar-refractivity contribution in [1.82, 2.24) is 5.32 Å². The lowest BCUT2D eigenvalue weighted by molar-refractivity contribution is -0.123. The molecular formula is C16H23N3O2. The number of benzene rings is 1. The lowest BCUT2D eigenvalue weighted by Crippen LogP contribution is -2.30. The maximum atomic E-state index is 11.6. The quantitative estimate of drug-likeness (QED) is 0.713. The Morgan fingerprint density at radius 2 is 2.29 bits per heavy atom. The van der Waals surface area contributed by atoms with Gasteiger partial charge in [0.05, 0.1) is 12.5 Å². The molecule has 0 aliphatic carbocycles. The standard InChI is InChI=1S/C16H23N3O2/c1-3-14(18)10-13-7-4-6-12(2)16(13)21-11-15(20)19-9-5-8-17/h4,6-7,14H,3,5,9-11,18H2,1-2H3,(H,19,20). The molecule has 0 heterocycles. The van der Waals surface area contributed by atoms with E-state index in [1.165, 1.54) is 0 Å². The molecule has 1 aromatic rings. The zero-order chi connectivity index (χ0) is 15.7. The predicted octanol–water partition coefficient (Wildman–Crippen LogP) is 1.68. The Morgan fingerprint density at radius 3 is 2.95 bits per heavy atom. The van der Waals surface area contributed by atoms with Crippen LogP contribution >= 0.6 is 0 Å². The van der Waals surface area contributed by atoms with E-state index < -0.39 is 0 Å². The number of hydrogen-bond donors (Lipinski definition) is 2. The molecular weight excluding hydrogens is 266 g/mol. The van der Waals surface area contributed by atoms with Gasteiger partial charge in [-0.1, -0.05) is 25.1 Å². The topological polar surface area (TPSA) is 88.1 Å². The average molecular weight is 289 g/mol. The first kappa shape index (κ1) is 17.0. The van der Waals surface area contributed by atoms with Crippen molar-refractivity contribution in [2.24, 2.45) is 5.73 Å². The van der Waals surface area contributed by atoms with Gasteiger partial charge in [0.15, 0.2) is 6.61 Å². The van der Waals surface area contributed by atoms with Crippen LogP contribution in [0.5, 0.6) is 5.75 Å². The molecule has 0 radical (unpaired) electrons. The van der Waals surface area contributed by atoms with Gasteiger partial charge in [0, 0.05) is 12.6 Å². The summed E-state index contributed by atoms with van der Waals surface area (Å²) in [6, 6.07) is 7.95. The Balaban J connectivity index is 2.65. The highest BCUT2D eigenvalue weighted by molar-refractivity contribution is 5.77. The van der Waals surface area contributed by atoms with Crippen LogP contribution < -0.4 is 15.8 Å². The molecule has 1 aromatic carbocycles. The Kier molecular flexibility index (Phi) is 7.27. The van der Waals surface area contributed by atoms with Gasteiger partial charge in [-0.2, -0.15) is 5.26 Å². The molecule has 1 unspecified atom stereocenters. The SMILES string of the molecule is CCC(N)Cc1cccc(C)c1OCC(=O)NCCC#N. The fourth-order valence-corrected chi connectivity index (χ4v) is 1.95. The number of nitriles is 1. The van der Waals surface area contributed by atoms with E-state index in [9.17, 15) is 4.79 Å². The number of nitrogens with two attached hydrogens (primary N) is 1. The van der Waals surface area contributed by atoms with Crippen molar-refractivity contribution in [2.75, 3.05) is 13.2 Å². The molecule has 0 aromatic heterocycles. The summed E-state index contributed by atoms with van der Waals surface area (Å²) < 4.78 is 5.66. The van der Waals surface area contributed by atoms with Crippen LogP contribution in [0, 0.1) is 18.3 Å². The summed E-state index contributed by atoms with van der Waals surface area (Å²) >= 11 is 0. The molecule has 1 amide bonds. The Morgan fingerprint density at radius 1 is 1.52 bits per heavy atom. The van der Waals surface area contributed by atoms with Gasteiger partial charge in [-0.3, -0.25) is 4.79 Å². The van der Waals surface area contributed by atoms with Gasteiger partial charge in [-0.05, 0) is 30.9 Å². The number of amides is 1. The molecule has 0 aliphatic rings. The van der Waals surface area contributed by atoms with E-state index in [1.807, 2.05) is 38.1 Å². The van der Waals surface area contributed by atoms with Crippen molar-refractivity contribution < 1.29 is 9.53 Å². The van der Waals surface area contributed by atoms with E-state index in [2.05, 4.69) is 5.32 Å². The lowest BCUT2D eigenvalue weighted by Gasteiger charge is -2.16. The summed E-state index contributed by atoms with van der Waals surface area (Å²) in [5, 5.41) is 11.1. The molecule has 0 aliphatic heterocycles. The fourth-order valence-electron chi connectivity index (χ4n) is 1.95. The van der Waals surface area contributed by atoms with Gasteiger partial charge < -0.3 is 15.8 Å². The largest absolute Gasteiger partial charge is 0.483 e. The Bertz CT molecular complexity index is 509. The van der Waals surface area contributed by atoms with Crippen LogP contribution in [0.25, 0.3) is 0 Å². The first-order valence-electron chi connectivity index (χ1n) is 7.19. The van der Waals surface area contributed by atoms with Crippen LogP contribution in [0.4, 0.5) is 0 Å². The molecule has 0 saturated heterocycles. The zero-order valence-electron chi connectivity index (χ0n) is 12.7. The molecule has 114 valence electrons. The van der Waals surface area contributed by atoms with E-state index >= 15 is 0 Å². The monoisotopic (exact) mass is 289 g/mol. The smallest absolute Gasteiger partial charge is 0.257 e. The number of para-hydroxylation sites is 1. The van der Waals surface area contributed by atoms with Gasteiger partial charge in [0.25, 0.3) is 5.91 Å². The number of rotatable bonds is 8. The third-order valence-electron chi connectivity index (χ3n) is 3.21. The van der Waals surface area contributed by atoms with Gasteiger partial charge in [0.2, 0.25) is 0 Å². The van der Waals surface area contributed by atoms with Gasteiger partial charge in [-0.15, -0.1) is 0 Å². The van der Waals surface area contributed by atoms with Crippen LogP contribution in [-0.2, 0) is 11.2 Å². The minimum Gasteiger partial charge on any atom is -0.483 e. The predicted molar refractivity (Wildman–Crippen MR) is 81.9 cm³/mol. The second kappa shape index (κ2) is 8.98. The number of ether oxygens (including phenoxy) is 1. The van der Waals surface area contributed by atoms with Crippen molar-refractivity contribution in [2.45, 2.75) is 39.2 Å². The number of carbonyl (C=O) groups excluding carboxylic acids is 1. The molecule has 3 N–H and O–H groups in total. The molecule has 0 spiro atoms. The normalized spacial score (nSPS) is 11.5. The van der Waals surface area contributed by atoms with E-state index in [4.69, 9.17) is 15.7 Å². The summed E-state index contributed by atoms with van der Waals surface area (Å²) in [6.07, 6.45) is 1.91. The van der Waals surface area contributed by atoms with Crippen molar-refractivity contribution in [3.05, 3.63) is 29.3 Å². The lowest BCUT2D eigenvalue weighted by atomic mass is 10.0. The number of nitrogens with zero attached hydrogens (tertiary/aromatic N) is 1. The molecule has 0 fully saturated rings. The van der Waals surface area contributed by atoms with E-state index in [0.717, 1.165) is 29.7 Å². The van der Waals surface area contributed by atoms with Gasteiger partial charge >= 0.3 is 0 Å². The van der Waals surface area contributed by atoms with Crippen molar-refractivity contribution in [1.29, 1.82) is 5.26 Å². The number of nitrogens with one attached hydrogen (secondary N) is 1. The van der Waals surface area contributed by atoms with Crippen molar-refractivity contribution in [3.8, 4) is 11.8 Å². The maximum absolute atomic E-state index is 11.6. The van der Waals surface area contributed by atoms with Crippen LogP contribution in [0.2, 0.25) is 0 Å². The minimum absolute atomic E-state index is 0.0509. The number of hydrogen-bond acceptors (Lipinski definition) is 4. The third kappa shape index (κ3) is 5.84. The second-order valence-electron chi connectivity index (χ2n) is 4.98. The van der Waals surface area contributed by atoms with Crippen LogP contribution in [-0.4, -0.2) is 25.1 Å². The molecule has 0 bridgehead atoms. The summed E-state index contributed by atoms with van der Waals surface area (Å²) in [5.41, 5.74) is 8.00.